The van der Waals surface area contributed by atoms with Crippen molar-refractivity contribution in [3.05, 3.63) is 47.6 Å². The summed E-state index contributed by atoms with van der Waals surface area (Å²) in [4.78, 5) is 25.0. The van der Waals surface area contributed by atoms with E-state index in [1.165, 1.54) is 0 Å². The Hall–Kier alpha value is -1.99. The summed E-state index contributed by atoms with van der Waals surface area (Å²) in [5, 5.41) is 0.351. The maximum absolute atomic E-state index is 12.6. The number of amides is 2. The van der Waals surface area contributed by atoms with E-state index in [1.807, 2.05) is 12.2 Å². The van der Waals surface area contributed by atoms with Gasteiger partial charge in [-0.1, -0.05) is 36.5 Å². The molecule has 2 amide bonds. The Labute approximate surface area is 122 Å². The molecule has 3 aliphatic rings. The van der Waals surface area contributed by atoms with Crippen molar-refractivity contribution in [3.63, 3.8) is 0 Å². The molecule has 0 radical (unpaired) electrons. The first-order valence-electron chi connectivity index (χ1n) is 6.30. The molecule has 0 saturated carbocycles. The van der Waals surface area contributed by atoms with Gasteiger partial charge in [0.1, 0.15) is 0 Å². The van der Waals surface area contributed by atoms with Crippen molar-refractivity contribution in [2.45, 2.75) is 6.92 Å². The normalized spacial score (nSPS) is 31.0. The number of hydrogen-bond acceptors (Lipinski definition) is 5. The molecule has 0 aromatic heterocycles. The van der Waals surface area contributed by atoms with E-state index in [-0.39, 0.29) is 0 Å². The Balaban J connectivity index is 2.15. The molecular formula is C14H13NO5S. The van der Waals surface area contributed by atoms with Crippen LogP contribution in [0.4, 0.5) is 0 Å². The smallest absolute Gasteiger partial charge is 0.271 e. The zero-order valence-corrected chi connectivity index (χ0v) is 12.3. The molecule has 2 aliphatic carbocycles. The van der Waals surface area contributed by atoms with E-state index in [0.717, 1.165) is 11.8 Å². The molecule has 1 aliphatic heterocycles. The monoisotopic (exact) mass is 307 g/mol. The lowest BCUT2D eigenvalue weighted by Gasteiger charge is -2.44. The van der Waals surface area contributed by atoms with E-state index >= 15 is 0 Å². The van der Waals surface area contributed by atoms with Gasteiger partial charge in [-0.15, -0.1) is 9.35 Å². The molecule has 6 nitrogen and oxygen atoms in total. The third kappa shape index (κ3) is 2.00. The summed E-state index contributed by atoms with van der Waals surface area (Å²) in [6.45, 7) is 1.67. The molecule has 2 atom stereocenters. The van der Waals surface area contributed by atoms with Crippen LogP contribution in [0.25, 0.3) is 0 Å². The number of imide groups is 1. The highest BCUT2D eigenvalue weighted by Crippen LogP contribution is 2.49. The molecule has 0 N–H and O–H groups in total. The highest BCUT2D eigenvalue weighted by Gasteiger charge is 2.55. The SMILES string of the molecule is CC12C=CC=C3C=CC=C(C(=O)N(OS(C)(=O)=O)C1=O)C32. The number of piperidine rings is 1. The van der Waals surface area contributed by atoms with Crippen molar-refractivity contribution >= 4 is 21.9 Å². The molecule has 110 valence electrons. The fourth-order valence-electron chi connectivity index (χ4n) is 2.93. The Morgan fingerprint density at radius 1 is 1.24 bits per heavy atom. The van der Waals surface area contributed by atoms with Gasteiger partial charge < -0.3 is 0 Å². The average molecular weight is 307 g/mol. The van der Waals surface area contributed by atoms with Crippen LogP contribution in [0.2, 0.25) is 0 Å². The van der Waals surface area contributed by atoms with Crippen LogP contribution in [0, 0.1) is 11.3 Å². The Morgan fingerprint density at radius 2 is 1.95 bits per heavy atom. The van der Waals surface area contributed by atoms with E-state index in [4.69, 9.17) is 0 Å². The van der Waals surface area contributed by atoms with Crippen molar-refractivity contribution in [3.8, 4) is 0 Å². The molecule has 2 unspecified atom stereocenters. The van der Waals surface area contributed by atoms with Gasteiger partial charge in [0.15, 0.2) is 0 Å². The van der Waals surface area contributed by atoms with E-state index in [1.54, 1.807) is 31.2 Å². The van der Waals surface area contributed by atoms with Crippen LogP contribution in [-0.2, 0) is 24.0 Å². The number of nitrogens with zero attached hydrogens (tertiary/aromatic N) is 1. The Kier molecular flexibility index (Phi) is 2.83. The van der Waals surface area contributed by atoms with Crippen molar-refractivity contribution in [2.24, 2.45) is 11.3 Å². The summed E-state index contributed by atoms with van der Waals surface area (Å²) in [6, 6.07) is 0. The average Bonchev–Trinajstić information content (AvgIpc) is 2.41. The highest BCUT2D eigenvalue weighted by atomic mass is 32.2. The summed E-state index contributed by atoms with van der Waals surface area (Å²) in [7, 11) is -3.98. The standard InChI is InChI=1S/C14H13NO5S/c1-14-8-4-6-9-5-3-7-10(11(9)14)12(16)15(13(14)17)20-21(2,18)19/h3-8,11H,1-2H3. The minimum absolute atomic E-state index is 0.346. The van der Waals surface area contributed by atoms with Crippen LogP contribution in [0.1, 0.15) is 6.92 Å². The predicted molar refractivity (Wildman–Crippen MR) is 73.8 cm³/mol. The zero-order valence-electron chi connectivity index (χ0n) is 11.4. The molecule has 21 heavy (non-hydrogen) atoms. The van der Waals surface area contributed by atoms with Crippen LogP contribution in [0.3, 0.4) is 0 Å². The van der Waals surface area contributed by atoms with Gasteiger partial charge in [-0.25, -0.2) is 0 Å². The third-order valence-electron chi connectivity index (χ3n) is 3.83. The molecule has 0 aromatic rings. The molecule has 0 spiro atoms. The lowest BCUT2D eigenvalue weighted by atomic mass is 9.63. The van der Waals surface area contributed by atoms with Gasteiger partial charge in [-0.05, 0) is 12.5 Å². The van der Waals surface area contributed by atoms with Gasteiger partial charge in [-0.3, -0.25) is 9.59 Å². The number of carbonyl (C=O) groups excluding carboxylic acids is 2. The van der Waals surface area contributed by atoms with Crippen LogP contribution >= 0.6 is 0 Å². The summed E-state index contributed by atoms with van der Waals surface area (Å²) in [6.07, 6.45) is 11.1. The molecule has 1 saturated heterocycles. The first-order chi connectivity index (χ1) is 9.74. The fraction of sp³-hybridized carbons (Fsp3) is 0.286. The first kappa shape index (κ1) is 14.0. The van der Waals surface area contributed by atoms with E-state index in [9.17, 15) is 18.0 Å². The number of allylic oxidation sites excluding steroid dienone is 6. The highest BCUT2D eigenvalue weighted by molar-refractivity contribution is 7.85. The quantitative estimate of drug-likeness (QED) is 0.707. The predicted octanol–water partition coefficient (Wildman–Crippen LogP) is 0.861. The lowest BCUT2D eigenvalue weighted by Crippen LogP contribution is -2.56. The summed E-state index contributed by atoms with van der Waals surface area (Å²) < 4.78 is 27.2. The van der Waals surface area contributed by atoms with Crippen LogP contribution in [0.5, 0.6) is 0 Å². The van der Waals surface area contributed by atoms with Gasteiger partial charge in [0, 0.05) is 11.5 Å². The minimum Gasteiger partial charge on any atom is -0.271 e. The van der Waals surface area contributed by atoms with Crippen LogP contribution in [-0.4, -0.2) is 31.6 Å². The molecule has 3 rings (SSSR count). The number of hydrogen-bond donors (Lipinski definition) is 0. The second-order valence-electron chi connectivity index (χ2n) is 5.41. The van der Waals surface area contributed by atoms with Gasteiger partial charge in [0.05, 0.1) is 11.7 Å². The van der Waals surface area contributed by atoms with Gasteiger partial charge in [-0.2, -0.15) is 8.42 Å². The Morgan fingerprint density at radius 3 is 2.62 bits per heavy atom. The number of rotatable bonds is 2. The molecule has 0 aromatic carbocycles. The maximum atomic E-state index is 12.6. The van der Waals surface area contributed by atoms with Gasteiger partial charge in [0.25, 0.3) is 21.9 Å². The zero-order chi connectivity index (χ0) is 15.4. The summed E-state index contributed by atoms with van der Waals surface area (Å²) in [5.41, 5.74) is 0.149. The van der Waals surface area contributed by atoms with Crippen molar-refractivity contribution in [1.82, 2.24) is 5.06 Å². The molecule has 7 heteroatoms. The largest absolute Gasteiger partial charge is 0.285 e. The lowest BCUT2D eigenvalue weighted by molar-refractivity contribution is -0.180. The topological polar surface area (TPSA) is 80.8 Å². The number of carbonyl (C=O) groups is 2. The maximum Gasteiger partial charge on any atom is 0.285 e. The molecule has 0 bridgehead atoms. The first-order valence-corrected chi connectivity index (χ1v) is 8.12. The second-order valence-corrected chi connectivity index (χ2v) is 6.96. The second kappa shape index (κ2) is 4.25. The van der Waals surface area contributed by atoms with Crippen molar-refractivity contribution in [2.75, 3.05) is 6.26 Å². The summed E-state index contributed by atoms with van der Waals surface area (Å²) in [5.74, 6) is -1.83. The summed E-state index contributed by atoms with van der Waals surface area (Å²) >= 11 is 0. The molecule has 1 fully saturated rings. The van der Waals surface area contributed by atoms with Crippen LogP contribution < -0.4 is 0 Å². The number of hydroxylamine groups is 2. The third-order valence-corrected chi connectivity index (χ3v) is 4.25. The van der Waals surface area contributed by atoms with E-state index in [2.05, 4.69) is 4.28 Å². The van der Waals surface area contributed by atoms with E-state index < -0.39 is 33.3 Å². The Bertz CT molecular complexity index is 771. The van der Waals surface area contributed by atoms with Crippen molar-refractivity contribution < 1.29 is 22.3 Å². The van der Waals surface area contributed by atoms with E-state index in [0.29, 0.717) is 10.6 Å². The van der Waals surface area contributed by atoms with Gasteiger partial charge >= 0.3 is 0 Å². The van der Waals surface area contributed by atoms with Crippen LogP contribution in [0.15, 0.2) is 47.6 Å². The van der Waals surface area contributed by atoms with Crippen molar-refractivity contribution in [1.29, 1.82) is 0 Å². The fourth-order valence-corrected chi connectivity index (χ4v) is 3.34. The molecule has 1 heterocycles. The van der Waals surface area contributed by atoms with Gasteiger partial charge in [0.2, 0.25) is 0 Å². The molecular weight excluding hydrogens is 294 g/mol. The minimum atomic E-state index is -3.98.